The van der Waals surface area contributed by atoms with Crippen LogP contribution >= 0.6 is 31.9 Å². The average molecular weight is 396 g/mol. The van der Waals surface area contributed by atoms with Crippen molar-refractivity contribution >= 4 is 43.9 Å². The van der Waals surface area contributed by atoms with Crippen molar-refractivity contribution in [3.63, 3.8) is 0 Å². The van der Waals surface area contributed by atoms with Crippen LogP contribution in [0.25, 0.3) is 6.08 Å². The molecule has 20 heavy (non-hydrogen) atoms. The van der Waals surface area contributed by atoms with Crippen molar-refractivity contribution in [2.24, 2.45) is 0 Å². The average Bonchev–Trinajstić information content (AvgIpc) is 2.42. The van der Waals surface area contributed by atoms with Crippen molar-refractivity contribution in [1.29, 1.82) is 0 Å². The summed E-state index contributed by atoms with van der Waals surface area (Å²) in [4.78, 5) is 11.8. The third-order valence-electron chi connectivity index (χ3n) is 2.61. The first-order chi connectivity index (χ1) is 9.56. The summed E-state index contributed by atoms with van der Waals surface area (Å²) in [5.74, 6) is 0.135. The zero-order valence-corrected chi connectivity index (χ0v) is 13.9. The minimum Gasteiger partial charge on any atom is -0.422 e. The number of esters is 1. The highest BCUT2D eigenvalue weighted by Gasteiger charge is 2.10. The maximum Gasteiger partial charge on any atom is 0.336 e. The number of halogens is 2. The molecule has 0 N–H and O–H groups in total. The van der Waals surface area contributed by atoms with Crippen molar-refractivity contribution < 1.29 is 9.53 Å². The van der Waals surface area contributed by atoms with Gasteiger partial charge in [0.1, 0.15) is 5.75 Å². The Labute approximate surface area is 134 Å². The highest BCUT2D eigenvalue weighted by Crippen LogP contribution is 2.32. The van der Waals surface area contributed by atoms with Crippen molar-refractivity contribution in [3.8, 4) is 5.75 Å². The van der Waals surface area contributed by atoms with Crippen LogP contribution in [0.3, 0.4) is 0 Å². The van der Waals surface area contributed by atoms with E-state index in [2.05, 4.69) is 31.9 Å². The summed E-state index contributed by atoms with van der Waals surface area (Å²) in [6.07, 6.45) is 3.15. The minimum absolute atomic E-state index is 0.403. The van der Waals surface area contributed by atoms with Gasteiger partial charge in [-0.2, -0.15) is 0 Å². The maximum absolute atomic E-state index is 11.8. The summed E-state index contributed by atoms with van der Waals surface area (Å²) in [5, 5.41) is 0. The topological polar surface area (TPSA) is 26.3 Å². The van der Waals surface area contributed by atoms with Gasteiger partial charge < -0.3 is 4.74 Å². The van der Waals surface area contributed by atoms with Crippen LogP contribution in [0.2, 0.25) is 0 Å². The Morgan fingerprint density at radius 3 is 2.50 bits per heavy atom. The minimum atomic E-state index is -0.403. The maximum atomic E-state index is 11.8. The third-order valence-corrected chi connectivity index (χ3v) is 3.66. The Balaban J connectivity index is 2.11. The smallest absolute Gasteiger partial charge is 0.336 e. The number of hydrogen-bond acceptors (Lipinski definition) is 2. The molecule has 4 heteroatoms. The largest absolute Gasteiger partial charge is 0.422 e. The van der Waals surface area contributed by atoms with E-state index in [1.165, 1.54) is 6.08 Å². The highest BCUT2D eigenvalue weighted by atomic mass is 79.9. The lowest BCUT2D eigenvalue weighted by Gasteiger charge is -2.08. The Morgan fingerprint density at radius 2 is 1.85 bits per heavy atom. The predicted octanol–water partition coefficient (Wildman–Crippen LogP) is 5.14. The summed E-state index contributed by atoms with van der Waals surface area (Å²) in [7, 11) is 0. The Bertz CT molecular complexity index is 626. The van der Waals surface area contributed by atoms with E-state index in [-0.39, 0.29) is 0 Å². The molecular formula is C16H12Br2O2. The van der Waals surface area contributed by atoms with Gasteiger partial charge in [0.2, 0.25) is 0 Å². The van der Waals surface area contributed by atoms with Crippen LogP contribution in [0.1, 0.15) is 11.1 Å². The van der Waals surface area contributed by atoms with Crippen LogP contribution in [0.15, 0.2) is 57.5 Å². The number of rotatable bonds is 3. The van der Waals surface area contributed by atoms with E-state index in [4.69, 9.17) is 4.74 Å². The molecular weight excluding hydrogens is 384 g/mol. The van der Waals surface area contributed by atoms with E-state index in [1.54, 1.807) is 6.08 Å². The van der Waals surface area contributed by atoms with Gasteiger partial charge >= 0.3 is 5.97 Å². The van der Waals surface area contributed by atoms with Crippen LogP contribution in [-0.2, 0) is 4.79 Å². The van der Waals surface area contributed by atoms with Gasteiger partial charge in [0.05, 0.1) is 4.47 Å². The molecule has 0 spiro atoms. The second-order valence-corrected chi connectivity index (χ2v) is 5.97. The summed E-state index contributed by atoms with van der Waals surface area (Å²) in [5.41, 5.74) is 1.84. The van der Waals surface area contributed by atoms with Crippen molar-refractivity contribution in [2.75, 3.05) is 0 Å². The normalized spacial score (nSPS) is 10.8. The molecule has 2 aromatic rings. The second kappa shape index (κ2) is 6.86. The van der Waals surface area contributed by atoms with Crippen molar-refractivity contribution in [2.45, 2.75) is 6.92 Å². The first kappa shape index (κ1) is 15.0. The molecule has 0 radical (unpaired) electrons. The van der Waals surface area contributed by atoms with E-state index >= 15 is 0 Å². The number of benzene rings is 2. The fourth-order valence-corrected chi connectivity index (χ4v) is 3.20. The first-order valence-electron chi connectivity index (χ1n) is 5.97. The summed E-state index contributed by atoms with van der Waals surface area (Å²) < 4.78 is 7.03. The van der Waals surface area contributed by atoms with Crippen molar-refractivity contribution in [1.82, 2.24) is 0 Å². The van der Waals surface area contributed by atoms with Gasteiger partial charge in [-0.1, -0.05) is 46.3 Å². The van der Waals surface area contributed by atoms with Crippen LogP contribution in [0, 0.1) is 6.92 Å². The van der Waals surface area contributed by atoms with Gasteiger partial charge in [0, 0.05) is 10.5 Å². The quantitative estimate of drug-likeness (QED) is 0.408. The predicted molar refractivity (Wildman–Crippen MR) is 87.7 cm³/mol. The van der Waals surface area contributed by atoms with Crippen molar-refractivity contribution in [3.05, 3.63) is 68.6 Å². The molecule has 0 aliphatic carbocycles. The van der Waals surface area contributed by atoms with E-state index in [1.807, 2.05) is 49.4 Å². The van der Waals surface area contributed by atoms with Gasteiger partial charge in [-0.15, -0.1) is 0 Å². The zero-order valence-electron chi connectivity index (χ0n) is 10.8. The SMILES string of the molecule is Cc1cc(Br)cc(Br)c1OC(=O)C=Cc1ccccc1. The summed E-state index contributed by atoms with van der Waals surface area (Å²) >= 11 is 6.78. The Kier molecular flexibility index (Phi) is 5.15. The highest BCUT2D eigenvalue weighted by molar-refractivity contribution is 9.11. The van der Waals surface area contributed by atoms with Gasteiger partial charge in [0.15, 0.2) is 0 Å². The molecule has 0 saturated heterocycles. The molecule has 0 aliphatic heterocycles. The molecule has 0 atom stereocenters. The van der Waals surface area contributed by atoms with Crippen LogP contribution in [0.4, 0.5) is 0 Å². The molecule has 0 aromatic heterocycles. The van der Waals surface area contributed by atoms with Gasteiger partial charge in [0.25, 0.3) is 0 Å². The molecule has 2 rings (SSSR count). The van der Waals surface area contributed by atoms with Gasteiger partial charge in [-0.05, 0) is 52.2 Å². The first-order valence-corrected chi connectivity index (χ1v) is 7.55. The van der Waals surface area contributed by atoms with E-state index in [9.17, 15) is 4.79 Å². The molecule has 0 bridgehead atoms. The van der Waals surface area contributed by atoms with E-state index in [0.29, 0.717) is 5.75 Å². The Morgan fingerprint density at radius 1 is 1.15 bits per heavy atom. The molecule has 0 unspecified atom stereocenters. The second-order valence-electron chi connectivity index (χ2n) is 4.20. The zero-order chi connectivity index (χ0) is 14.5. The van der Waals surface area contributed by atoms with Gasteiger partial charge in [-0.25, -0.2) is 4.79 Å². The molecule has 2 aromatic carbocycles. The van der Waals surface area contributed by atoms with Gasteiger partial charge in [-0.3, -0.25) is 0 Å². The molecule has 0 aliphatic rings. The van der Waals surface area contributed by atoms with E-state index < -0.39 is 5.97 Å². The lowest BCUT2D eigenvalue weighted by Crippen LogP contribution is -2.05. The summed E-state index contributed by atoms with van der Waals surface area (Å²) in [6.45, 7) is 1.89. The number of carbonyl (C=O) groups is 1. The molecule has 0 heterocycles. The summed E-state index contributed by atoms with van der Waals surface area (Å²) in [6, 6.07) is 13.3. The number of aryl methyl sites for hydroxylation is 1. The number of hydrogen-bond donors (Lipinski definition) is 0. The monoisotopic (exact) mass is 394 g/mol. The molecule has 0 amide bonds. The van der Waals surface area contributed by atoms with Crippen LogP contribution in [-0.4, -0.2) is 5.97 Å². The number of ether oxygens (including phenoxy) is 1. The standard InChI is InChI=1S/C16H12Br2O2/c1-11-9-13(17)10-14(18)16(11)20-15(19)8-7-12-5-3-2-4-6-12/h2-10H,1H3. The Hall–Kier alpha value is -1.39. The lowest BCUT2D eigenvalue weighted by molar-refractivity contribution is -0.129. The molecule has 102 valence electrons. The van der Waals surface area contributed by atoms with Crippen LogP contribution < -0.4 is 4.74 Å². The lowest BCUT2D eigenvalue weighted by atomic mass is 10.2. The number of carbonyl (C=O) groups excluding carboxylic acids is 1. The molecule has 2 nitrogen and oxygen atoms in total. The third kappa shape index (κ3) is 4.05. The molecule has 0 fully saturated rings. The van der Waals surface area contributed by atoms with Crippen LogP contribution in [0.5, 0.6) is 5.75 Å². The van der Waals surface area contributed by atoms with E-state index in [0.717, 1.165) is 20.1 Å². The molecule has 0 saturated carbocycles. The fraction of sp³-hybridized carbons (Fsp3) is 0.0625. The fourth-order valence-electron chi connectivity index (χ4n) is 1.68.